The van der Waals surface area contributed by atoms with Gasteiger partial charge in [-0.3, -0.25) is 0 Å². The lowest BCUT2D eigenvalue weighted by atomic mass is 10.1. The minimum Gasteiger partial charge on any atom is -0.330 e. The summed E-state index contributed by atoms with van der Waals surface area (Å²) in [6, 6.07) is 7.41. The maximum absolute atomic E-state index is 6.16. The van der Waals surface area contributed by atoms with Gasteiger partial charge in [0.15, 0.2) is 0 Å². The lowest BCUT2D eigenvalue weighted by Crippen LogP contribution is -2.08. The van der Waals surface area contributed by atoms with Crippen molar-refractivity contribution in [3.8, 4) is 0 Å². The first-order valence-electron chi connectivity index (χ1n) is 6.06. The van der Waals surface area contributed by atoms with Crippen LogP contribution in [0.4, 0.5) is 0 Å². The molecule has 0 saturated carbocycles. The van der Waals surface area contributed by atoms with E-state index in [1.165, 1.54) is 0 Å². The average molecular weight is 296 g/mol. The van der Waals surface area contributed by atoms with Gasteiger partial charge in [0.2, 0.25) is 0 Å². The van der Waals surface area contributed by atoms with Crippen molar-refractivity contribution in [3.63, 3.8) is 0 Å². The molecule has 1 heterocycles. The molecule has 0 aliphatic heterocycles. The number of hydrogen-bond acceptors (Lipinski definition) is 3. The van der Waals surface area contributed by atoms with E-state index in [1.807, 2.05) is 25.1 Å². The van der Waals surface area contributed by atoms with Crippen molar-refractivity contribution >= 4 is 23.2 Å². The molecular weight excluding hydrogens is 281 g/mol. The van der Waals surface area contributed by atoms with E-state index >= 15 is 0 Å². The summed E-state index contributed by atoms with van der Waals surface area (Å²) in [5, 5.41) is 1.26. The zero-order valence-electron chi connectivity index (χ0n) is 10.7. The highest BCUT2D eigenvalue weighted by Gasteiger charge is 2.07. The molecule has 0 bridgehead atoms. The van der Waals surface area contributed by atoms with Crippen LogP contribution < -0.4 is 5.73 Å². The molecule has 2 aromatic rings. The Bertz CT molecular complexity index is 585. The quantitative estimate of drug-likeness (QED) is 0.942. The second kappa shape index (κ2) is 6.33. The van der Waals surface area contributed by atoms with Crippen molar-refractivity contribution < 1.29 is 0 Å². The van der Waals surface area contributed by atoms with Gasteiger partial charge in [-0.25, -0.2) is 9.97 Å². The Morgan fingerprint density at radius 2 is 1.95 bits per heavy atom. The molecule has 0 radical (unpaired) electrons. The molecule has 1 aromatic heterocycles. The first-order valence-corrected chi connectivity index (χ1v) is 6.81. The van der Waals surface area contributed by atoms with Crippen molar-refractivity contribution in [2.45, 2.75) is 19.8 Å². The van der Waals surface area contributed by atoms with E-state index in [0.717, 1.165) is 29.2 Å². The van der Waals surface area contributed by atoms with Crippen LogP contribution in [0.2, 0.25) is 10.0 Å². The van der Waals surface area contributed by atoms with Crippen LogP contribution in [0.3, 0.4) is 0 Å². The minimum atomic E-state index is 0.581. The highest BCUT2D eigenvalue weighted by Crippen LogP contribution is 2.22. The van der Waals surface area contributed by atoms with E-state index in [9.17, 15) is 0 Å². The number of halogens is 2. The van der Waals surface area contributed by atoms with E-state index in [2.05, 4.69) is 9.97 Å². The van der Waals surface area contributed by atoms with Crippen LogP contribution in [0.25, 0.3) is 0 Å². The Hall–Kier alpha value is -1.16. The molecule has 5 heteroatoms. The molecule has 0 unspecified atom stereocenters. The lowest BCUT2D eigenvalue weighted by molar-refractivity contribution is 0.853. The van der Waals surface area contributed by atoms with Crippen LogP contribution >= 0.6 is 23.2 Å². The number of nitrogens with zero attached hydrogens (tertiary/aromatic N) is 2. The fourth-order valence-electron chi connectivity index (χ4n) is 1.89. The van der Waals surface area contributed by atoms with Gasteiger partial charge >= 0.3 is 0 Å². The summed E-state index contributed by atoms with van der Waals surface area (Å²) in [5.41, 5.74) is 8.44. The van der Waals surface area contributed by atoms with Gasteiger partial charge < -0.3 is 5.73 Å². The first-order chi connectivity index (χ1) is 9.08. The van der Waals surface area contributed by atoms with Crippen molar-refractivity contribution in [3.05, 3.63) is 57.1 Å². The number of aromatic nitrogens is 2. The number of benzene rings is 1. The summed E-state index contributed by atoms with van der Waals surface area (Å²) in [4.78, 5) is 8.93. The fourth-order valence-corrected chi connectivity index (χ4v) is 2.37. The van der Waals surface area contributed by atoms with Gasteiger partial charge in [0.05, 0.1) is 0 Å². The van der Waals surface area contributed by atoms with Gasteiger partial charge in [0, 0.05) is 34.3 Å². The van der Waals surface area contributed by atoms with Gasteiger partial charge in [-0.1, -0.05) is 29.3 Å². The molecule has 0 aliphatic rings. The maximum Gasteiger partial charge on any atom is 0.133 e. The van der Waals surface area contributed by atoms with Crippen LogP contribution in [-0.4, -0.2) is 16.5 Å². The van der Waals surface area contributed by atoms with Crippen LogP contribution in [0, 0.1) is 6.92 Å². The van der Waals surface area contributed by atoms with Gasteiger partial charge in [0.1, 0.15) is 5.82 Å². The van der Waals surface area contributed by atoms with E-state index < -0.39 is 0 Å². The Labute approximate surface area is 122 Å². The number of nitrogens with two attached hydrogens (primary N) is 1. The molecule has 2 N–H and O–H groups in total. The molecule has 100 valence electrons. The van der Waals surface area contributed by atoms with Gasteiger partial charge in [-0.15, -0.1) is 0 Å². The topological polar surface area (TPSA) is 51.8 Å². The number of rotatable bonds is 4. The molecular formula is C14H15Cl2N3. The molecule has 2 rings (SSSR count). The fraction of sp³-hybridized carbons (Fsp3) is 0.286. The summed E-state index contributed by atoms with van der Waals surface area (Å²) in [5.74, 6) is 0.757. The third-order valence-corrected chi connectivity index (χ3v) is 3.30. The molecule has 3 nitrogen and oxygen atoms in total. The van der Waals surface area contributed by atoms with Crippen molar-refractivity contribution in [2.24, 2.45) is 5.73 Å². The molecule has 0 amide bonds. The van der Waals surface area contributed by atoms with Gasteiger partial charge in [0.25, 0.3) is 0 Å². The van der Waals surface area contributed by atoms with E-state index in [0.29, 0.717) is 23.0 Å². The molecule has 0 aliphatic carbocycles. The zero-order chi connectivity index (χ0) is 13.8. The maximum atomic E-state index is 6.16. The van der Waals surface area contributed by atoms with Crippen molar-refractivity contribution in [2.75, 3.05) is 6.54 Å². The van der Waals surface area contributed by atoms with Crippen molar-refractivity contribution in [1.82, 2.24) is 9.97 Å². The summed E-state index contributed by atoms with van der Waals surface area (Å²) in [7, 11) is 0. The summed E-state index contributed by atoms with van der Waals surface area (Å²) >= 11 is 12.0. The molecule has 0 spiro atoms. The highest BCUT2D eigenvalue weighted by atomic mass is 35.5. The first kappa shape index (κ1) is 14.3. The highest BCUT2D eigenvalue weighted by molar-refractivity contribution is 6.35. The molecule has 0 atom stereocenters. The molecule has 0 fully saturated rings. The normalized spacial score (nSPS) is 10.7. The Morgan fingerprint density at radius 3 is 2.63 bits per heavy atom. The molecule has 1 aromatic carbocycles. The van der Waals surface area contributed by atoms with E-state index in [-0.39, 0.29) is 0 Å². The van der Waals surface area contributed by atoms with Gasteiger partial charge in [-0.2, -0.15) is 0 Å². The number of hydrogen-bond donors (Lipinski definition) is 1. The summed E-state index contributed by atoms with van der Waals surface area (Å²) < 4.78 is 0. The van der Waals surface area contributed by atoms with Crippen LogP contribution in [0.15, 0.2) is 24.3 Å². The Kier molecular flexibility index (Phi) is 4.75. The van der Waals surface area contributed by atoms with Crippen molar-refractivity contribution in [1.29, 1.82) is 0 Å². The minimum absolute atomic E-state index is 0.581. The third-order valence-electron chi connectivity index (χ3n) is 2.72. The largest absolute Gasteiger partial charge is 0.330 e. The smallest absolute Gasteiger partial charge is 0.133 e. The van der Waals surface area contributed by atoms with Crippen LogP contribution in [-0.2, 0) is 12.8 Å². The van der Waals surface area contributed by atoms with Gasteiger partial charge in [-0.05, 0) is 37.2 Å². The monoisotopic (exact) mass is 295 g/mol. The lowest BCUT2D eigenvalue weighted by Gasteiger charge is -2.07. The van der Waals surface area contributed by atoms with E-state index in [4.69, 9.17) is 28.9 Å². The molecule has 19 heavy (non-hydrogen) atoms. The standard InChI is InChI=1S/C14H15Cl2N3/c1-9-6-12(4-5-17)19-14(18-9)7-10-2-3-11(15)8-13(10)16/h2-3,6,8H,4-5,7,17H2,1H3. The summed E-state index contributed by atoms with van der Waals surface area (Å²) in [6.45, 7) is 2.53. The average Bonchev–Trinajstić information content (AvgIpc) is 2.32. The second-order valence-electron chi connectivity index (χ2n) is 4.37. The SMILES string of the molecule is Cc1cc(CCN)nc(Cc2ccc(Cl)cc2Cl)n1. The molecule has 0 saturated heterocycles. The van der Waals surface area contributed by atoms with Crippen LogP contribution in [0.1, 0.15) is 22.8 Å². The second-order valence-corrected chi connectivity index (χ2v) is 5.21. The van der Waals surface area contributed by atoms with E-state index in [1.54, 1.807) is 6.07 Å². The van der Waals surface area contributed by atoms with Crippen LogP contribution in [0.5, 0.6) is 0 Å². The predicted molar refractivity (Wildman–Crippen MR) is 78.8 cm³/mol. The zero-order valence-corrected chi connectivity index (χ0v) is 12.2. The Morgan fingerprint density at radius 1 is 1.16 bits per heavy atom. The summed E-state index contributed by atoms with van der Waals surface area (Å²) in [6.07, 6.45) is 1.35. The number of aryl methyl sites for hydroxylation is 1. The third kappa shape index (κ3) is 3.90. The Balaban J connectivity index is 2.27. The predicted octanol–water partition coefficient (Wildman–Crippen LogP) is 3.18.